The first kappa shape index (κ1) is 17.3. The summed E-state index contributed by atoms with van der Waals surface area (Å²) in [6, 6.07) is 5.99. The van der Waals surface area contributed by atoms with Crippen LogP contribution >= 0.6 is 0 Å². The standard InChI is InChI=1S/C18H27N3O2/c1-5-23-17-13-15(21-10-8-20(4)9-11-21)6-7-16(17)19-18(22)12-14(2)3/h6-7,12-13H,5,8-11H2,1-4H3,(H,19,22). The van der Waals surface area contributed by atoms with Crippen LogP contribution in [-0.2, 0) is 4.79 Å². The third kappa shape index (κ3) is 4.99. The average molecular weight is 317 g/mol. The molecular formula is C18H27N3O2. The molecule has 0 atom stereocenters. The van der Waals surface area contributed by atoms with E-state index in [1.54, 1.807) is 6.08 Å². The van der Waals surface area contributed by atoms with E-state index in [4.69, 9.17) is 4.74 Å². The van der Waals surface area contributed by atoms with Crippen molar-refractivity contribution in [2.45, 2.75) is 20.8 Å². The summed E-state index contributed by atoms with van der Waals surface area (Å²) >= 11 is 0. The zero-order valence-corrected chi connectivity index (χ0v) is 14.6. The van der Waals surface area contributed by atoms with Crippen molar-refractivity contribution >= 4 is 17.3 Å². The zero-order valence-electron chi connectivity index (χ0n) is 14.6. The highest BCUT2D eigenvalue weighted by Gasteiger charge is 2.16. The van der Waals surface area contributed by atoms with E-state index in [-0.39, 0.29) is 5.91 Å². The fraction of sp³-hybridized carbons (Fsp3) is 0.500. The molecule has 1 aromatic rings. The Morgan fingerprint density at radius 1 is 1.26 bits per heavy atom. The van der Waals surface area contributed by atoms with Crippen LogP contribution in [0.1, 0.15) is 20.8 Å². The van der Waals surface area contributed by atoms with E-state index in [2.05, 4.69) is 22.2 Å². The van der Waals surface area contributed by atoms with Gasteiger partial charge in [0.05, 0.1) is 12.3 Å². The predicted molar refractivity (Wildman–Crippen MR) is 95.4 cm³/mol. The van der Waals surface area contributed by atoms with Gasteiger partial charge < -0.3 is 19.9 Å². The van der Waals surface area contributed by atoms with E-state index < -0.39 is 0 Å². The molecule has 0 bridgehead atoms. The van der Waals surface area contributed by atoms with E-state index in [1.807, 2.05) is 39.0 Å². The fourth-order valence-electron chi connectivity index (χ4n) is 2.58. The molecule has 0 radical (unpaired) electrons. The van der Waals surface area contributed by atoms with E-state index >= 15 is 0 Å². The number of rotatable bonds is 5. The smallest absolute Gasteiger partial charge is 0.248 e. The lowest BCUT2D eigenvalue weighted by Crippen LogP contribution is -2.44. The summed E-state index contributed by atoms with van der Waals surface area (Å²) in [6.07, 6.45) is 1.59. The van der Waals surface area contributed by atoms with Crippen LogP contribution in [0.3, 0.4) is 0 Å². The van der Waals surface area contributed by atoms with Crippen LogP contribution in [0.2, 0.25) is 0 Å². The number of nitrogens with zero attached hydrogens (tertiary/aromatic N) is 2. The maximum absolute atomic E-state index is 11.9. The molecule has 0 unspecified atom stereocenters. The molecule has 1 saturated heterocycles. The van der Waals surface area contributed by atoms with Crippen molar-refractivity contribution in [3.8, 4) is 5.75 Å². The molecule has 23 heavy (non-hydrogen) atoms. The first-order chi connectivity index (χ1) is 11.0. The van der Waals surface area contributed by atoms with Crippen molar-refractivity contribution in [1.29, 1.82) is 0 Å². The molecule has 0 spiro atoms. The van der Waals surface area contributed by atoms with Crippen LogP contribution in [0.5, 0.6) is 5.75 Å². The summed E-state index contributed by atoms with van der Waals surface area (Å²) < 4.78 is 5.72. The number of hydrogen-bond donors (Lipinski definition) is 1. The summed E-state index contributed by atoms with van der Waals surface area (Å²) in [6.45, 7) is 10.4. The largest absolute Gasteiger partial charge is 0.492 e. The number of anilines is 2. The van der Waals surface area contributed by atoms with Crippen LogP contribution in [0.25, 0.3) is 0 Å². The number of benzene rings is 1. The van der Waals surface area contributed by atoms with Crippen LogP contribution in [0.4, 0.5) is 11.4 Å². The fourth-order valence-corrected chi connectivity index (χ4v) is 2.58. The van der Waals surface area contributed by atoms with Crippen molar-refractivity contribution in [3.05, 3.63) is 29.8 Å². The normalized spacial score (nSPS) is 15.2. The molecule has 0 aliphatic carbocycles. The highest BCUT2D eigenvalue weighted by Crippen LogP contribution is 2.30. The number of likely N-dealkylation sites (N-methyl/N-ethyl adjacent to an activating group) is 1. The second kappa shape index (κ2) is 8.02. The molecule has 1 aliphatic heterocycles. The van der Waals surface area contributed by atoms with Gasteiger partial charge in [0.2, 0.25) is 5.91 Å². The Balaban J connectivity index is 2.17. The van der Waals surface area contributed by atoms with Gasteiger partial charge >= 0.3 is 0 Å². The predicted octanol–water partition coefficient (Wildman–Crippen LogP) is 2.74. The van der Waals surface area contributed by atoms with Crippen LogP contribution in [0, 0.1) is 0 Å². The highest BCUT2D eigenvalue weighted by atomic mass is 16.5. The molecule has 1 amide bonds. The minimum atomic E-state index is -0.127. The molecule has 0 aromatic heterocycles. The van der Waals surface area contributed by atoms with Gasteiger partial charge in [-0.15, -0.1) is 0 Å². The number of nitrogens with one attached hydrogen (secondary N) is 1. The summed E-state index contributed by atoms with van der Waals surface area (Å²) in [4.78, 5) is 16.6. The number of piperazine rings is 1. The number of amides is 1. The van der Waals surface area contributed by atoms with Gasteiger partial charge in [-0.2, -0.15) is 0 Å². The number of carbonyl (C=O) groups excluding carboxylic acids is 1. The molecule has 5 nitrogen and oxygen atoms in total. The lowest BCUT2D eigenvalue weighted by molar-refractivity contribution is -0.112. The molecule has 5 heteroatoms. The zero-order chi connectivity index (χ0) is 16.8. The summed E-state index contributed by atoms with van der Waals surface area (Å²) in [5.74, 6) is 0.595. The molecule has 1 N–H and O–H groups in total. The Labute approximate surface area is 138 Å². The van der Waals surface area contributed by atoms with E-state index in [0.717, 1.165) is 43.2 Å². The van der Waals surface area contributed by atoms with Gasteiger partial charge in [-0.3, -0.25) is 4.79 Å². The number of ether oxygens (including phenoxy) is 1. The summed E-state index contributed by atoms with van der Waals surface area (Å²) in [7, 11) is 2.14. The average Bonchev–Trinajstić information content (AvgIpc) is 2.49. The second-order valence-electron chi connectivity index (χ2n) is 6.11. The molecule has 1 fully saturated rings. The number of allylic oxidation sites excluding steroid dienone is 1. The van der Waals surface area contributed by atoms with Crippen molar-refractivity contribution in [3.63, 3.8) is 0 Å². The first-order valence-electron chi connectivity index (χ1n) is 8.16. The van der Waals surface area contributed by atoms with Crippen molar-refractivity contribution in [2.24, 2.45) is 0 Å². The molecule has 1 aliphatic rings. The molecule has 1 aromatic carbocycles. The second-order valence-corrected chi connectivity index (χ2v) is 6.11. The van der Waals surface area contributed by atoms with Gasteiger partial charge in [-0.1, -0.05) is 5.57 Å². The molecule has 2 rings (SSSR count). The van der Waals surface area contributed by atoms with Gasteiger partial charge in [-0.05, 0) is 40.0 Å². The minimum Gasteiger partial charge on any atom is -0.492 e. The first-order valence-corrected chi connectivity index (χ1v) is 8.16. The van der Waals surface area contributed by atoms with Gasteiger partial charge in [0, 0.05) is 44.0 Å². The Morgan fingerprint density at radius 2 is 1.96 bits per heavy atom. The van der Waals surface area contributed by atoms with Crippen molar-refractivity contribution in [1.82, 2.24) is 4.90 Å². The van der Waals surface area contributed by atoms with Gasteiger partial charge in [0.25, 0.3) is 0 Å². The lowest BCUT2D eigenvalue weighted by Gasteiger charge is -2.34. The van der Waals surface area contributed by atoms with E-state index in [0.29, 0.717) is 12.3 Å². The van der Waals surface area contributed by atoms with Gasteiger partial charge in [-0.25, -0.2) is 0 Å². The Morgan fingerprint density at radius 3 is 2.57 bits per heavy atom. The number of carbonyl (C=O) groups is 1. The molecular weight excluding hydrogens is 290 g/mol. The quantitative estimate of drug-likeness (QED) is 0.848. The van der Waals surface area contributed by atoms with Gasteiger partial charge in [0.15, 0.2) is 0 Å². The Hall–Kier alpha value is -2.01. The van der Waals surface area contributed by atoms with E-state index in [9.17, 15) is 4.79 Å². The molecule has 126 valence electrons. The maximum Gasteiger partial charge on any atom is 0.248 e. The van der Waals surface area contributed by atoms with Crippen molar-refractivity contribution < 1.29 is 9.53 Å². The maximum atomic E-state index is 11.9. The van der Waals surface area contributed by atoms with Crippen LogP contribution in [-0.4, -0.2) is 50.6 Å². The van der Waals surface area contributed by atoms with Crippen molar-refractivity contribution in [2.75, 3.05) is 50.1 Å². The van der Waals surface area contributed by atoms with Gasteiger partial charge in [0.1, 0.15) is 5.75 Å². The molecule has 1 heterocycles. The molecule has 0 saturated carbocycles. The summed E-state index contributed by atoms with van der Waals surface area (Å²) in [5, 5.41) is 2.90. The lowest BCUT2D eigenvalue weighted by atomic mass is 10.2. The monoisotopic (exact) mass is 317 g/mol. The van der Waals surface area contributed by atoms with Crippen LogP contribution < -0.4 is 15.0 Å². The minimum absolute atomic E-state index is 0.127. The topological polar surface area (TPSA) is 44.8 Å². The highest BCUT2D eigenvalue weighted by molar-refractivity contribution is 6.00. The third-order valence-corrected chi connectivity index (χ3v) is 3.81. The Kier molecular flexibility index (Phi) is 6.04. The Bertz CT molecular complexity index is 572. The summed E-state index contributed by atoms with van der Waals surface area (Å²) in [5.41, 5.74) is 2.82. The SMILES string of the molecule is CCOc1cc(N2CCN(C)CC2)ccc1NC(=O)C=C(C)C. The van der Waals surface area contributed by atoms with Crippen LogP contribution in [0.15, 0.2) is 29.8 Å². The number of hydrogen-bond acceptors (Lipinski definition) is 4. The van der Waals surface area contributed by atoms with E-state index in [1.165, 1.54) is 0 Å². The third-order valence-electron chi connectivity index (χ3n) is 3.81.